The van der Waals surface area contributed by atoms with E-state index in [4.69, 9.17) is 37.9 Å². The number of hydrogen-bond acceptors (Lipinski definition) is 24. The highest BCUT2D eigenvalue weighted by molar-refractivity contribution is 7.94. The molecule has 8 aliphatic rings. The topological polar surface area (TPSA) is 334 Å². The highest BCUT2D eigenvalue weighted by Gasteiger charge is 2.62. The van der Waals surface area contributed by atoms with Crippen molar-refractivity contribution in [2.45, 2.75) is 90.5 Å². The molecule has 14 rings (SSSR count). The van der Waals surface area contributed by atoms with Crippen molar-refractivity contribution in [2.75, 3.05) is 156 Å². The number of aromatic nitrogens is 2. The van der Waals surface area contributed by atoms with Gasteiger partial charge in [-0.3, -0.25) is 29.2 Å². The van der Waals surface area contributed by atoms with Crippen LogP contribution in [0.25, 0.3) is 0 Å². The van der Waals surface area contributed by atoms with E-state index in [-0.39, 0.29) is 95.5 Å². The highest BCUT2D eigenvalue weighted by Crippen LogP contribution is 2.52. The van der Waals surface area contributed by atoms with Crippen LogP contribution in [0.4, 0.5) is 21.0 Å². The average Bonchev–Trinajstić information content (AvgIpc) is 1.55. The average molecular weight is 1510 g/mol. The number of ether oxygens (including phenoxy) is 8. The van der Waals surface area contributed by atoms with E-state index < -0.39 is 55.0 Å². The molecule has 32 heteroatoms. The summed E-state index contributed by atoms with van der Waals surface area (Å²) in [5, 5.41) is 25.9. The summed E-state index contributed by atoms with van der Waals surface area (Å²) in [6.45, 7) is 17.6. The molecule has 0 unspecified atom stereocenters. The van der Waals surface area contributed by atoms with Gasteiger partial charge in [0.1, 0.15) is 32.8 Å². The van der Waals surface area contributed by atoms with Gasteiger partial charge in [0, 0.05) is 126 Å². The van der Waals surface area contributed by atoms with Crippen molar-refractivity contribution >= 4 is 55.3 Å². The Morgan fingerprint density at radius 2 is 0.907 bits per heavy atom. The van der Waals surface area contributed by atoms with Gasteiger partial charge in [0.05, 0.1) is 125 Å². The molecule has 6 saturated heterocycles. The Morgan fingerprint density at radius 3 is 1.25 bits per heavy atom. The molecule has 4 aromatic carbocycles. The van der Waals surface area contributed by atoms with Crippen molar-refractivity contribution in [3.05, 3.63) is 143 Å². The monoisotopic (exact) mass is 1500 g/mol. The van der Waals surface area contributed by atoms with Crippen LogP contribution >= 0.6 is 0 Å². The molecule has 6 amide bonds. The van der Waals surface area contributed by atoms with Gasteiger partial charge in [-0.2, -0.15) is 19.1 Å². The number of amides is 6. The SMILES string of the molecule is CCOc1ncccc1[C@]1(NC(=O)N2CCN(C3CCN(C4(C)COC4)CC3)CC2)C(=O)N(S(=O)(=O)c2ccc(OC)cc2OC)c2ccc(C#N)cc21.COc1ccc(S(=O)(=O)N2C(=O)[C@@](NC(=O)N3CCN(C4CCN(C5(C)COC5)CC4)CC3)(c3cccnc3OC)c3cc(C#N)ccc32)c(OC)c1. The molecule has 566 valence electrons. The highest BCUT2D eigenvalue weighted by atomic mass is 32.2. The molecule has 30 nitrogen and oxygen atoms in total. The van der Waals surface area contributed by atoms with Crippen molar-refractivity contribution in [1.29, 1.82) is 10.5 Å². The Labute approximate surface area is 622 Å². The van der Waals surface area contributed by atoms with Crippen LogP contribution in [-0.2, 0) is 50.2 Å². The normalized spacial score (nSPS) is 22.0. The minimum atomic E-state index is -4.71. The number of urea groups is 2. The molecule has 6 fully saturated rings. The van der Waals surface area contributed by atoms with Crippen LogP contribution in [0.2, 0.25) is 0 Å². The zero-order chi connectivity index (χ0) is 75.8. The Kier molecular flexibility index (Phi) is 21.4. The number of carbonyl (C=O) groups is 4. The fourth-order valence-electron chi connectivity index (χ4n) is 16.0. The molecule has 107 heavy (non-hydrogen) atoms. The van der Waals surface area contributed by atoms with E-state index in [0.717, 1.165) is 78.3 Å². The summed E-state index contributed by atoms with van der Waals surface area (Å²) in [7, 11) is -2.54. The summed E-state index contributed by atoms with van der Waals surface area (Å²) >= 11 is 0. The fraction of sp³-hybridized carbons (Fsp3) is 0.467. The molecule has 0 bridgehead atoms. The number of nitrogens with zero attached hydrogens (tertiary/aromatic N) is 12. The van der Waals surface area contributed by atoms with E-state index >= 15 is 9.59 Å². The Morgan fingerprint density at radius 1 is 0.514 bits per heavy atom. The molecule has 0 aliphatic carbocycles. The number of pyridine rings is 2. The standard InChI is InChI=1S/C38H45N7O8S.C37H43N7O8S/c1-5-53-34-29(7-6-14-40-34)38(41-36(47)43-19-17-42(18-20-43)27-12-15-44(16-13-27)37(2)24-52-25-37)30-21-26(23-39)8-10-31(30)45(35(38)46)54(48,49)33-11-9-28(50-3)22-32(33)51-4;1-36(23-52-24-36)43-14-11-26(12-15-43)41-16-18-42(19-17-41)35(46)40-37(28-6-5-13-39-33(28)51-4)29-20-25(22-38)7-9-30(29)44(34(37)45)53(47,48)32-10-8-27(49-2)21-31(32)50-3/h6-11,14,21-22,27H,5,12-13,15-20,24-25H2,1-4H3,(H,41,47);5-10,13,20-21,26H,11-12,14-19,23-24H2,1-4H3,(H,40,46)/t38-;37-/m11/s1. The van der Waals surface area contributed by atoms with Crippen LogP contribution in [0.1, 0.15) is 79.8 Å². The molecule has 2 N–H and O–H groups in total. The molecule has 0 radical (unpaired) electrons. The number of piperidine rings is 2. The zero-order valence-electron chi connectivity index (χ0n) is 61.1. The lowest BCUT2D eigenvalue weighted by Gasteiger charge is -2.51. The summed E-state index contributed by atoms with van der Waals surface area (Å²) in [4.78, 5) is 80.6. The maximum Gasteiger partial charge on any atom is 0.318 e. The number of fused-ring (bicyclic) bond motifs is 2. The van der Waals surface area contributed by atoms with Gasteiger partial charge in [-0.15, -0.1) is 0 Å². The quantitative estimate of drug-likeness (QED) is 0.102. The predicted molar refractivity (Wildman–Crippen MR) is 389 cm³/mol. The van der Waals surface area contributed by atoms with E-state index in [2.05, 4.69) is 66.2 Å². The Balaban J connectivity index is 0.000000189. The van der Waals surface area contributed by atoms with E-state index in [1.807, 2.05) is 0 Å². The number of anilines is 2. The molecule has 0 saturated carbocycles. The van der Waals surface area contributed by atoms with Crippen molar-refractivity contribution in [2.24, 2.45) is 0 Å². The maximum atomic E-state index is 15.2. The third-order valence-corrected chi connectivity index (χ3v) is 25.5. The van der Waals surface area contributed by atoms with Crippen molar-refractivity contribution in [3.63, 3.8) is 0 Å². The first kappa shape index (κ1) is 75.3. The summed E-state index contributed by atoms with van der Waals surface area (Å²) in [5.41, 5.74) is -3.47. The second-order valence-corrected chi connectivity index (χ2v) is 31.6. The number of sulfonamides is 2. The first-order chi connectivity index (χ1) is 51.5. The second-order valence-electron chi connectivity index (χ2n) is 28.0. The first-order valence-corrected chi connectivity index (χ1v) is 38.5. The van der Waals surface area contributed by atoms with Gasteiger partial charge in [-0.25, -0.2) is 36.4 Å². The fourth-order valence-corrected chi connectivity index (χ4v) is 19.2. The van der Waals surface area contributed by atoms with E-state index in [1.165, 1.54) is 121 Å². The number of likely N-dealkylation sites (tertiary alicyclic amines) is 2. The van der Waals surface area contributed by atoms with Gasteiger partial charge in [-0.05, 0) is 131 Å². The molecule has 2 aromatic heterocycles. The third-order valence-electron chi connectivity index (χ3n) is 22.0. The minimum absolute atomic E-state index is 0.00535. The number of nitriles is 2. The number of hydrogen-bond donors (Lipinski definition) is 2. The number of piperazine rings is 2. The molecule has 0 spiro atoms. The molecular weight excluding hydrogens is 1420 g/mol. The largest absolute Gasteiger partial charge is 0.497 e. The van der Waals surface area contributed by atoms with Crippen molar-refractivity contribution < 1.29 is 73.9 Å². The molecular formula is C75H88N14O16S2. The maximum absolute atomic E-state index is 15.2. The number of benzene rings is 4. The van der Waals surface area contributed by atoms with Gasteiger partial charge < -0.3 is 58.3 Å². The van der Waals surface area contributed by atoms with Crippen molar-refractivity contribution in [3.8, 4) is 46.9 Å². The first-order valence-electron chi connectivity index (χ1n) is 35.6. The van der Waals surface area contributed by atoms with E-state index in [1.54, 1.807) is 41.0 Å². The van der Waals surface area contributed by atoms with E-state index in [9.17, 15) is 36.9 Å². The van der Waals surface area contributed by atoms with E-state index in [0.29, 0.717) is 84.6 Å². The zero-order valence-corrected chi connectivity index (χ0v) is 62.7. The minimum Gasteiger partial charge on any atom is -0.497 e. The Hall–Kier alpha value is -9.90. The molecule has 6 aromatic rings. The number of carbonyl (C=O) groups excluding carboxylic acids is 4. The molecule has 10 heterocycles. The number of nitrogens with one attached hydrogen (secondary N) is 2. The van der Waals surface area contributed by atoms with Gasteiger partial charge >= 0.3 is 12.1 Å². The summed E-state index contributed by atoms with van der Waals surface area (Å²) in [6.07, 6.45) is 7.06. The lowest BCUT2D eigenvalue weighted by atomic mass is 9.83. The van der Waals surface area contributed by atoms with Crippen LogP contribution in [0, 0.1) is 22.7 Å². The summed E-state index contributed by atoms with van der Waals surface area (Å²) in [5.74, 6) is -1.39. The lowest BCUT2D eigenvalue weighted by Crippen LogP contribution is -2.64. The van der Waals surface area contributed by atoms with Crippen LogP contribution in [0.5, 0.6) is 34.8 Å². The summed E-state index contributed by atoms with van der Waals surface area (Å²) < 4.78 is 104. The molecule has 2 atom stereocenters. The van der Waals surface area contributed by atoms with Crippen LogP contribution in [0.3, 0.4) is 0 Å². The number of rotatable bonds is 19. The van der Waals surface area contributed by atoms with Gasteiger partial charge in [0.15, 0.2) is 11.1 Å². The van der Waals surface area contributed by atoms with Gasteiger partial charge in [0.25, 0.3) is 31.9 Å². The Bertz CT molecular complexity index is 4710. The van der Waals surface area contributed by atoms with Crippen LogP contribution < -0.4 is 47.7 Å². The second kappa shape index (κ2) is 30.4. The smallest absolute Gasteiger partial charge is 0.318 e. The van der Waals surface area contributed by atoms with Gasteiger partial charge in [0.2, 0.25) is 11.8 Å². The lowest BCUT2D eigenvalue weighted by molar-refractivity contribution is -0.139. The van der Waals surface area contributed by atoms with Crippen LogP contribution in [0.15, 0.2) is 119 Å². The van der Waals surface area contributed by atoms with Gasteiger partial charge in [-0.1, -0.05) is 0 Å². The predicted octanol–water partition coefficient (Wildman–Crippen LogP) is 5.47. The number of methoxy groups -OCH3 is 5. The van der Waals surface area contributed by atoms with Crippen LogP contribution in [-0.4, -0.2) is 250 Å². The summed E-state index contributed by atoms with van der Waals surface area (Å²) in [6, 6.07) is 26.8. The van der Waals surface area contributed by atoms with Crippen molar-refractivity contribution in [1.82, 2.24) is 50.0 Å². The molecule has 8 aliphatic heterocycles. The third kappa shape index (κ3) is 13.5.